The lowest BCUT2D eigenvalue weighted by molar-refractivity contribution is -0.118. The SMILES string of the molecule is COc1ccccc1CNC(=O)C[S@@](=O)Cc1cc(C)on1. The van der Waals surface area contributed by atoms with E-state index in [4.69, 9.17) is 9.26 Å². The molecule has 0 saturated heterocycles. The van der Waals surface area contributed by atoms with Gasteiger partial charge in [0.05, 0.1) is 18.6 Å². The van der Waals surface area contributed by atoms with Crippen LogP contribution < -0.4 is 10.1 Å². The fraction of sp³-hybridized carbons (Fsp3) is 0.333. The molecule has 1 aromatic heterocycles. The van der Waals surface area contributed by atoms with Crippen LogP contribution in [0.25, 0.3) is 0 Å². The molecule has 0 radical (unpaired) electrons. The number of nitrogens with zero attached hydrogens (tertiary/aromatic N) is 1. The van der Waals surface area contributed by atoms with E-state index in [0.717, 1.165) is 5.56 Å². The van der Waals surface area contributed by atoms with Gasteiger partial charge in [-0.1, -0.05) is 23.4 Å². The minimum atomic E-state index is -1.32. The topological polar surface area (TPSA) is 81.4 Å². The second-order valence-electron chi connectivity index (χ2n) is 4.75. The maximum Gasteiger partial charge on any atom is 0.232 e. The molecule has 2 rings (SSSR count). The van der Waals surface area contributed by atoms with Crippen molar-refractivity contribution < 1.29 is 18.3 Å². The summed E-state index contributed by atoms with van der Waals surface area (Å²) in [5, 5.41) is 6.50. The quantitative estimate of drug-likeness (QED) is 0.836. The van der Waals surface area contributed by atoms with Crippen molar-refractivity contribution in [1.82, 2.24) is 10.5 Å². The number of carbonyl (C=O) groups excluding carboxylic acids is 1. The number of nitrogens with one attached hydrogen (secondary N) is 1. The van der Waals surface area contributed by atoms with Crippen molar-refractivity contribution in [3.05, 3.63) is 47.3 Å². The van der Waals surface area contributed by atoms with Crippen LogP contribution in [0.1, 0.15) is 17.0 Å². The summed E-state index contributed by atoms with van der Waals surface area (Å²) in [5.41, 5.74) is 1.46. The Balaban J connectivity index is 1.81. The molecule has 7 heteroatoms. The van der Waals surface area contributed by atoms with Crippen LogP contribution in [0.4, 0.5) is 0 Å². The zero-order valence-corrected chi connectivity index (χ0v) is 13.3. The molecule has 1 atom stereocenters. The van der Waals surface area contributed by atoms with Gasteiger partial charge in [-0.3, -0.25) is 9.00 Å². The van der Waals surface area contributed by atoms with Crippen molar-refractivity contribution in [3.63, 3.8) is 0 Å². The molecule has 0 bridgehead atoms. The maximum atomic E-state index is 11.9. The van der Waals surface area contributed by atoms with Gasteiger partial charge in [0.15, 0.2) is 0 Å². The molecule has 0 aliphatic heterocycles. The lowest BCUT2D eigenvalue weighted by Gasteiger charge is -2.09. The Morgan fingerprint density at radius 3 is 2.86 bits per heavy atom. The molecule has 0 unspecified atom stereocenters. The van der Waals surface area contributed by atoms with Gasteiger partial charge in [0.1, 0.15) is 17.3 Å². The molecule has 118 valence electrons. The van der Waals surface area contributed by atoms with Crippen LogP contribution in [0, 0.1) is 6.92 Å². The van der Waals surface area contributed by atoms with E-state index in [1.807, 2.05) is 24.3 Å². The first-order valence-corrected chi connectivity index (χ1v) is 8.23. The molecule has 1 N–H and O–H groups in total. The lowest BCUT2D eigenvalue weighted by atomic mass is 10.2. The predicted octanol–water partition coefficient (Wildman–Crippen LogP) is 1.56. The number of para-hydroxylation sites is 1. The largest absolute Gasteiger partial charge is 0.496 e. The van der Waals surface area contributed by atoms with Gasteiger partial charge in [-0.15, -0.1) is 0 Å². The lowest BCUT2D eigenvalue weighted by Crippen LogP contribution is -2.28. The van der Waals surface area contributed by atoms with Crippen molar-refractivity contribution >= 4 is 16.7 Å². The van der Waals surface area contributed by atoms with Crippen molar-refractivity contribution in [2.75, 3.05) is 12.9 Å². The van der Waals surface area contributed by atoms with Crippen LogP contribution in [0.5, 0.6) is 5.75 Å². The Labute approximate surface area is 131 Å². The normalized spacial score (nSPS) is 11.9. The fourth-order valence-electron chi connectivity index (χ4n) is 1.94. The van der Waals surface area contributed by atoms with E-state index in [1.165, 1.54) is 0 Å². The van der Waals surface area contributed by atoms with Crippen molar-refractivity contribution in [1.29, 1.82) is 0 Å². The van der Waals surface area contributed by atoms with Gasteiger partial charge in [0.25, 0.3) is 0 Å². The molecule has 1 heterocycles. The van der Waals surface area contributed by atoms with Crippen LogP contribution in [-0.4, -0.2) is 28.1 Å². The molecule has 22 heavy (non-hydrogen) atoms. The third-order valence-corrected chi connectivity index (χ3v) is 4.15. The molecule has 0 saturated carbocycles. The van der Waals surface area contributed by atoms with Crippen molar-refractivity contribution in [2.24, 2.45) is 0 Å². The molecule has 1 aromatic carbocycles. The standard InChI is InChI=1S/C15H18N2O4S/c1-11-7-13(17-21-11)9-22(19)10-15(18)16-8-12-5-3-4-6-14(12)20-2/h3-7H,8-10H2,1-2H3,(H,16,18)/t22-/m0/s1. The first-order valence-electron chi connectivity index (χ1n) is 6.74. The number of methoxy groups -OCH3 is 1. The summed E-state index contributed by atoms with van der Waals surface area (Å²) in [5.74, 6) is 1.24. The summed E-state index contributed by atoms with van der Waals surface area (Å²) in [4.78, 5) is 11.8. The number of hydrogen-bond donors (Lipinski definition) is 1. The highest BCUT2D eigenvalue weighted by molar-refractivity contribution is 7.84. The highest BCUT2D eigenvalue weighted by atomic mass is 32.2. The van der Waals surface area contributed by atoms with E-state index >= 15 is 0 Å². The number of aryl methyl sites for hydroxylation is 1. The summed E-state index contributed by atoms with van der Waals surface area (Å²) in [6.07, 6.45) is 0. The smallest absolute Gasteiger partial charge is 0.232 e. The van der Waals surface area contributed by atoms with E-state index in [-0.39, 0.29) is 17.4 Å². The molecule has 0 aliphatic carbocycles. The molecular weight excluding hydrogens is 304 g/mol. The molecule has 6 nitrogen and oxygen atoms in total. The number of carbonyl (C=O) groups is 1. The number of aromatic nitrogens is 1. The summed E-state index contributed by atoms with van der Waals surface area (Å²) in [6.45, 7) is 2.10. The zero-order chi connectivity index (χ0) is 15.9. The Morgan fingerprint density at radius 1 is 1.41 bits per heavy atom. The van der Waals surface area contributed by atoms with E-state index < -0.39 is 10.8 Å². The van der Waals surface area contributed by atoms with Gasteiger partial charge in [0, 0.05) is 29.0 Å². The van der Waals surface area contributed by atoms with E-state index in [2.05, 4.69) is 10.5 Å². The summed E-state index contributed by atoms with van der Waals surface area (Å²) in [6, 6.07) is 9.14. The molecule has 0 spiro atoms. The number of benzene rings is 1. The Kier molecular flexibility index (Phi) is 5.71. The summed E-state index contributed by atoms with van der Waals surface area (Å²) in [7, 11) is 0.260. The molecule has 0 fully saturated rings. The van der Waals surface area contributed by atoms with Gasteiger partial charge in [-0.05, 0) is 13.0 Å². The molecular formula is C15H18N2O4S. The van der Waals surface area contributed by atoms with E-state index in [9.17, 15) is 9.00 Å². The second kappa shape index (κ2) is 7.74. The number of hydrogen-bond acceptors (Lipinski definition) is 5. The summed E-state index contributed by atoms with van der Waals surface area (Å²) < 4.78 is 22.0. The predicted molar refractivity (Wildman–Crippen MR) is 82.8 cm³/mol. The average molecular weight is 322 g/mol. The number of rotatable bonds is 7. The Morgan fingerprint density at radius 2 is 2.18 bits per heavy atom. The van der Waals surface area contributed by atoms with Gasteiger partial charge in [0.2, 0.25) is 5.91 Å². The first-order chi connectivity index (χ1) is 10.6. The monoisotopic (exact) mass is 322 g/mol. The highest BCUT2D eigenvalue weighted by Crippen LogP contribution is 2.16. The number of ether oxygens (including phenoxy) is 1. The highest BCUT2D eigenvalue weighted by Gasteiger charge is 2.11. The molecule has 1 amide bonds. The minimum Gasteiger partial charge on any atom is -0.496 e. The van der Waals surface area contributed by atoms with Crippen LogP contribution in [0.2, 0.25) is 0 Å². The van der Waals surface area contributed by atoms with Crippen molar-refractivity contribution in [3.8, 4) is 5.75 Å². The number of amides is 1. The third kappa shape index (κ3) is 4.70. The first kappa shape index (κ1) is 16.2. The van der Waals surface area contributed by atoms with Crippen LogP contribution in [0.3, 0.4) is 0 Å². The van der Waals surface area contributed by atoms with E-state index in [0.29, 0.717) is 23.7 Å². The minimum absolute atomic E-state index is 0.0684. The van der Waals surface area contributed by atoms with Gasteiger partial charge in [-0.2, -0.15) is 0 Å². The van der Waals surface area contributed by atoms with Crippen LogP contribution in [0.15, 0.2) is 34.9 Å². The van der Waals surface area contributed by atoms with Gasteiger partial charge in [-0.25, -0.2) is 0 Å². The summed E-state index contributed by atoms with van der Waals surface area (Å²) >= 11 is 0. The van der Waals surface area contributed by atoms with Gasteiger partial charge >= 0.3 is 0 Å². The second-order valence-corrected chi connectivity index (χ2v) is 6.20. The Hall–Kier alpha value is -2.15. The average Bonchev–Trinajstić information content (AvgIpc) is 2.90. The Bertz CT molecular complexity index is 669. The van der Waals surface area contributed by atoms with Crippen LogP contribution in [-0.2, 0) is 27.9 Å². The van der Waals surface area contributed by atoms with Crippen LogP contribution >= 0.6 is 0 Å². The fourth-order valence-corrected chi connectivity index (χ4v) is 2.90. The molecule has 2 aromatic rings. The third-order valence-electron chi connectivity index (χ3n) is 2.95. The molecule has 0 aliphatic rings. The van der Waals surface area contributed by atoms with E-state index in [1.54, 1.807) is 20.1 Å². The van der Waals surface area contributed by atoms with Crippen molar-refractivity contribution in [2.45, 2.75) is 19.2 Å². The van der Waals surface area contributed by atoms with Gasteiger partial charge < -0.3 is 14.6 Å². The zero-order valence-electron chi connectivity index (χ0n) is 12.5. The maximum absolute atomic E-state index is 11.9.